The summed E-state index contributed by atoms with van der Waals surface area (Å²) >= 11 is 0. The molecule has 0 bridgehead atoms. The fraction of sp³-hybridized carbons (Fsp3) is 0.281. The second-order valence-corrected chi connectivity index (χ2v) is 9.51. The van der Waals surface area contributed by atoms with Crippen LogP contribution in [-0.4, -0.2) is 42.7 Å². The first-order valence-corrected chi connectivity index (χ1v) is 13.6. The third kappa shape index (κ3) is 8.18. The van der Waals surface area contributed by atoms with E-state index in [1.165, 1.54) is 6.26 Å². The molecule has 1 saturated carbocycles. The van der Waals surface area contributed by atoms with E-state index in [1.54, 1.807) is 74.0 Å². The molecule has 9 nitrogen and oxygen atoms in total. The van der Waals surface area contributed by atoms with Crippen LogP contribution in [0.5, 0.6) is 17.2 Å². The van der Waals surface area contributed by atoms with E-state index in [0.29, 0.717) is 45.8 Å². The van der Waals surface area contributed by atoms with Gasteiger partial charge in [0, 0.05) is 35.3 Å². The number of pyridine rings is 1. The summed E-state index contributed by atoms with van der Waals surface area (Å²) in [5, 5.41) is 3.51. The summed E-state index contributed by atoms with van der Waals surface area (Å²) in [4.78, 5) is 29.1. The molecule has 0 spiro atoms. The zero-order valence-corrected chi connectivity index (χ0v) is 23.1. The van der Waals surface area contributed by atoms with Gasteiger partial charge in [-0.1, -0.05) is 24.8 Å². The molecule has 9 heteroatoms. The average molecular weight is 558 g/mol. The monoisotopic (exact) mass is 557 g/mol. The Bertz CT molecular complexity index is 1410. The Kier molecular flexibility index (Phi) is 10.5. The Hall–Kier alpha value is -4.63. The Morgan fingerprint density at radius 2 is 1.90 bits per heavy atom. The molecule has 3 aromatic rings. The highest BCUT2D eigenvalue weighted by atomic mass is 16.5. The Labute approximate surface area is 239 Å². The number of esters is 1. The number of hydrogen-bond acceptors (Lipinski definition) is 8. The summed E-state index contributed by atoms with van der Waals surface area (Å²) < 4.78 is 22.8. The number of amides is 1. The van der Waals surface area contributed by atoms with Crippen LogP contribution in [0, 0.1) is 0 Å². The van der Waals surface area contributed by atoms with Crippen molar-refractivity contribution in [3.8, 4) is 17.2 Å². The number of hydrogen-bond donors (Lipinski definition) is 2. The summed E-state index contributed by atoms with van der Waals surface area (Å²) in [7, 11) is 1.54. The highest BCUT2D eigenvalue weighted by Crippen LogP contribution is 2.35. The van der Waals surface area contributed by atoms with Crippen molar-refractivity contribution >= 4 is 22.8 Å². The molecule has 1 aliphatic rings. The lowest BCUT2D eigenvalue weighted by atomic mass is 10.1. The van der Waals surface area contributed by atoms with Crippen LogP contribution in [0.15, 0.2) is 91.5 Å². The van der Waals surface area contributed by atoms with Crippen LogP contribution >= 0.6 is 0 Å². The van der Waals surface area contributed by atoms with Gasteiger partial charge in [-0.05, 0) is 68.2 Å². The lowest BCUT2D eigenvalue weighted by molar-refractivity contribution is -0.150. The van der Waals surface area contributed by atoms with Gasteiger partial charge in [0.25, 0.3) is 5.91 Å². The largest absolute Gasteiger partial charge is 0.493 e. The van der Waals surface area contributed by atoms with Gasteiger partial charge in [0.1, 0.15) is 17.9 Å². The summed E-state index contributed by atoms with van der Waals surface area (Å²) in [6.07, 6.45) is 12.3. The van der Waals surface area contributed by atoms with Gasteiger partial charge < -0.3 is 30.0 Å². The molecule has 1 fully saturated rings. The first kappa shape index (κ1) is 29.4. The van der Waals surface area contributed by atoms with E-state index in [2.05, 4.69) is 16.9 Å². The molecule has 41 heavy (non-hydrogen) atoms. The topological polar surface area (TPSA) is 122 Å². The Morgan fingerprint density at radius 3 is 2.63 bits per heavy atom. The molecule has 0 aliphatic heterocycles. The first-order chi connectivity index (χ1) is 20.0. The smallest absolute Gasteiger partial charge is 0.323 e. The van der Waals surface area contributed by atoms with E-state index in [9.17, 15) is 9.59 Å². The standard InChI is InChI=1S/C32H35N3O6/c1-3-23(35-31(36)22-10-5-4-6-11-22)12-9-18-39-28-15-17-34-27-21-30(29(38-2)20-25(27)28)40-19-16-26(33)32(37)41-24-13-7-8-14-24/h3-6,9-12,15,17-18,20-21,24,26H,1,7-8,13-14,16,19,33H2,2H3,(H,35,36)/b18-9+,23-12+/t26-/m0/s1. The second-order valence-electron chi connectivity index (χ2n) is 9.51. The number of carbonyl (C=O) groups excluding carboxylic acids is 2. The number of allylic oxidation sites excluding steroid dienone is 3. The van der Waals surface area contributed by atoms with E-state index in [0.717, 1.165) is 25.7 Å². The van der Waals surface area contributed by atoms with E-state index in [1.807, 2.05) is 6.07 Å². The summed E-state index contributed by atoms with van der Waals surface area (Å²) in [6, 6.07) is 13.4. The SMILES string of the molecule is C=C/C(=C\C=C\Oc1ccnc2cc(OCC[C@H](N)C(=O)OC3CCCC3)c(OC)cc12)NC(=O)c1ccccc1. The molecule has 2 aromatic carbocycles. The van der Waals surface area contributed by atoms with Gasteiger partial charge in [-0.3, -0.25) is 14.6 Å². The minimum Gasteiger partial charge on any atom is -0.493 e. The van der Waals surface area contributed by atoms with Gasteiger partial charge in [0.15, 0.2) is 11.5 Å². The second kappa shape index (κ2) is 14.7. The minimum atomic E-state index is -0.755. The van der Waals surface area contributed by atoms with Gasteiger partial charge in [-0.25, -0.2) is 0 Å². The van der Waals surface area contributed by atoms with E-state index < -0.39 is 12.0 Å². The molecule has 1 aliphatic carbocycles. The molecule has 1 aromatic heterocycles. The molecular weight excluding hydrogens is 522 g/mol. The van der Waals surface area contributed by atoms with Gasteiger partial charge in [0.05, 0.1) is 25.5 Å². The molecule has 0 unspecified atom stereocenters. The molecular formula is C32H35N3O6. The van der Waals surface area contributed by atoms with Crippen LogP contribution in [0.1, 0.15) is 42.5 Å². The Balaban J connectivity index is 1.37. The molecule has 0 radical (unpaired) electrons. The number of nitrogens with one attached hydrogen (secondary N) is 1. The van der Waals surface area contributed by atoms with Crippen molar-refractivity contribution in [3.05, 3.63) is 97.1 Å². The van der Waals surface area contributed by atoms with E-state index in [4.69, 9.17) is 24.7 Å². The van der Waals surface area contributed by atoms with E-state index >= 15 is 0 Å². The number of ether oxygens (including phenoxy) is 4. The number of methoxy groups -OCH3 is 1. The fourth-order valence-electron chi connectivity index (χ4n) is 4.38. The van der Waals surface area contributed by atoms with Crippen molar-refractivity contribution in [3.63, 3.8) is 0 Å². The van der Waals surface area contributed by atoms with Gasteiger partial charge in [-0.15, -0.1) is 0 Å². The van der Waals surface area contributed by atoms with Gasteiger partial charge in [0.2, 0.25) is 0 Å². The molecule has 1 atom stereocenters. The van der Waals surface area contributed by atoms with Crippen molar-refractivity contribution in [1.29, 1.82) is 0 Å². The van der Waals surface area contributed by atoms with Gasteiger partial charge in [-0.2, -0.15) is 0 Å². The average Bonchev–Trinajstić information content (AvgIpc) is 3.51. The number of carbonyl (C=O) groups is 2. The van der Waals surface area contributed by atoms with Crippen LogP contribution in [0.25, 0.3) is 10.9 Å². The Morgan fingerprint density at radius 1 is 1.12 bits per heavy atom. The zero-order chi connectivity index (χ0) is 29.0. The minimum absolute atomic E-state index is 0.0204. The third-order valence-electron chi connectivity index (χ3n) is 6.62. The summed E-state index contributed by atoms with van der Waals surface area (Å²) in [5.74, 6) is 0.885. The predicted molar refractivity (Wildman–Crippen MR) is 157 cm³/mol. The quantitative estimate of drug-likeness (QED) is 0.167. The number of aromatic nitrogens is 1. The maximum Gasteiger partial charge on any atom is 0.323 e. The fourth-order valence-corrected chi connectivity index (χ4v) is 4.38. The summed E-state index contributed by atoms with van der Waals surface area (Å²) in [5.41, 5.74) is 7.73. The molecule has 214 valence electrons. The molecule has 1 heterocycles. The van der Waals surface area contributed by atoms with Crippen LogP contribution in [0.3, 0.4) is 0 Å². The molecule has 0 saturated heterocycles. The maximum atomic E-state index is 12.4. The molecule has 1 amide bonds. The van der Waals surface area contributed by atoms with Crippen molar-refractivity contribution in [2.75, 3.05) is 13.7 Å². The highest BCUT2D eigenvalue weighted by Gasteiger charge is 2.23. The number of nitrogens with zero attached hydrogens (tertiary/aromatic N) is 1. The van der Waals surface area contributed by atoms with Crippen molar-refractivity contribution < 1.29 is 28.5 Å². The number of rotatable bonds is 13. The van der Waals surface area contributed by atoms with Crippen molar-refractivity contribution in [1.82, 2.24) is 10.3 Å². The van der Waals surface area contributed by atoms with Crippen LogP contribution in [0.4, 0.5) is 0 Å². The lowest BCUT2D eigenvalue weighted by Gasteiger charge is -2.17. The van der Waals surface area contributed by atoms with Crippen LogP contribution < -0.4 is 25.3 Å². The van der Waals surface area contributed by atoms with E-state index in [-0.39, 0.29) is 18.6 Å². The van der Waals surface area contributed by atoms with Crippen molar-refractivity contribution in [2.45, 2.75) is 44.2 Å². The molecule has 4 rings (SSSR count). The third-order valence-corrected chi connectivity index (χ3v) is 6.62. The van der Waals surface area contributed by atoms with Crippen LogP contribution in [0.2, 0.25) is 0 Å². The summed E-state index contributed by atoms with van der Waals surface area (Å²) in [6.45, 7) is 3.96. The van der Waals surface area contributed by atoms with Gasteiger partial charge >= 0.3 is 5.97 Å². The van der Waals surface area contributed by atoms with Crippen molar-refractivity contribution in [2.24, 2.45) is 5.73 Å². The lowest BCUT2D eigenvalue weighted by Crippen LogP contribution is -2.35. The highest BCUT2D eigenvalue weighted by molar-refractivity contribution is 5.95. The first-order valence-electron chi connectivity index (χ1n) is 13.6. The normalized spacial score (nSPS) is 14.5. The van der Waals surface area contributed by atoms with Crippen LogP contribution in [-0.2, 0) is 9.53 Å². The number of benzene rings is 2. The molecule has 3 N–H and O–H groups in total. The maximum absolute atomic E-state index is 12.4. The zero-order valence-electron chi connectivity index (χ0n) is 23.1. The predicted octanol–water partition coefficient (Wildman–Crippen LogP) is 5.22. The number of nitrogens with two attached hydrogens (primary N) is 1. The number of fused-ring (bicyclic) bond motifs is 1.